The van der Waals surface area contributed by atoms with E-state index in [-0.39, 0.29) is 17.5 Å². The summed E-state index contributed by atoms with van der Waals surface area (Å²) < 4.78 is 11.4. The number of hydrogen-bond acceptors (Lipinski definition) is 7. The van der Waals surface area contributed by atoms with E-state index in [2.05, 4.69) is 11.1 Å². The zero-order valence-corrected chi connectivity index (χ0v) is 18.4. The molecule has 164 valence electrons. The third kappa shape index (κ3) is 3.32. The van der Waals surface area contributed by atoms with Crippen molar-refractivity contribution < 1.29 is 14.3 Å². The van der Waals surface area contributed by atoms with E-state index in [0.29, 0.717) is 24.5 Å². The quantitative estimate of drug-likeness (QED) is 0.618. The van der Waals surface area contributed by atoms with Gasteiger partial charge in [0.15, 0.2) is 0 Å². The highest BCUT2D eigenvalue weighted by Gasteiger charge is 2.51. The fraction of sp³-hybridized carbons (Fsp3) is 0.440. The van der Waals surface area contributed by atoms with Crippen LogP contribution >= 0.6 is 0 Å². The van der Waals surface area contributed by atoms with Crippen LogP contribution in [0.25, 0.3) is 10.8 Å². The molecule has 4 heterocycles. The molecule has 0 saturated heterocycles. The summed E-state index contributed by atoms with van der Waals surface area (Å²) in [6.07, 6.45) is 8.65. The molecular weight excluding hydrogens is 404 g/mol. The fourth-order valence-corrected chi connectivity index (χ4v) is 4.44. The molecule has 6 rings (SSSR count). The van der Waals surface area contributed by atoms with Crippen molar-refractivity contribution >= 4 is 16.7 Å². The Morgan fingerprint density at radius 2 is 1.97 bits per heavy atom. The number of carbonyl (C=O) groups is 1. The molecule has 0 radical (unpaired) electrons. The van der Waals surface area contributed by atoms with E-state index < -0.39 is 5.54 Å². The first-order valence-electron chi connectivity index (χ1n) is 11.2. The molecule has 3 aromatic rings. The molecular formula is C25H26N4O3. The lowest BCUT2D eigenvalue weighted by molar-refractivity contribution is 0.0418. The van der Waals surface area contributed by atoms with Crippen molar-refractivity contribution in [2.45, 2.75) is 63.0 Å². The van der Waals surface area contributed by atoms with Gasteiger partial charge in [0.05, 0.1) is 16.6 Å². The monoisotopic (exact) mass is 430 g/mol. The highest BCUT2D eigenvalue weighted by atomic mass is 16.5. The maximum atomic E-state index is 12.2. The number of carbonyl (C=O) groups excluding carboxylic acids is 1. The average molecular weight is 431 g/mol. The van der Waals surface area contributed by atoms with E-state index in [1.807, 2.05) is 38.4 Å². The van der Waals surface area contributed by atoms with Gasteiger partial charge in [-0.05, 0) is 68.7 Å². The Morgan fingerprint density at radius 3 is 2.69 bits per heavy atom. The summed E-state index contributed by atoms with van der Waals surface area (Å²) in [6, 6.07) is 5.82. The highest BCUT2D eigenvalue weighted by Crippen LogP contribution is 2.51. The van der Waals surface area contributed by atoms with E-state index in [0.717, 1.165) is 59.1 Å². The largest absolute Gasteiger partial charge is 0.474 e. The minimum absolute atomic E-state index is 0.0759. The van der Waals surface area contributed by atoms with Gasteiger partial charge in [-0.3, -0.25) is 9.97 Å². The number of hydrogen-bond donors (Lipinski definition) is 1. The number of pyridine rings is 3. The first-order chi connectivity index (χ1) is 15.3. The second-order valence-corrected chi connectivity index (χ2v) is 9.97. The number of fused-ring (bicyclic) bond motifs is 3. The lowest BCUT2D eigenvalue weighted by atomic mass is 9.92. The van der Waals surface area contributed by atoms with Crippen LogP contribution in [0.2, 0.25) is 0 Å². The third-order valence-corrected chi connectivity index (χ3v) is 6.66. The summed E-state index contributed by atoms with van der Waals surface area (Å²) >= 11 is 0. The van der Waals surface area contributed by atoms with Crippen LogP contribution in [0.5, 0.6) is 5.88 Å². The highest BCUT2D eigenvalue weighted by molar-refractivity contribution is 5.92. The zero-order valence-electron chi connectivity index (χ0n) is 18.4. The SMILES string of the molecule is CC(C)(N)c1cnc(OC2CC2)c2cnc(Cc3ccc4c(n3)C3(CC3)COC4=O)cc12. The Kier molecular flexibility index (Phi) is 4.12. The van der Waals surface area contributed by atoms with Crippen LogP contribution < -0.4 is 10.5 Å². The number of aromatic nitrogens is 3. The van der Waals surface area contributed by atoms with Gasteiger partial charge in [-0.2, -0.15) is 0 Å². The molecule has 1 spiro atoms. The number of nitrogens with two attached hydrogens (primary N) is 1. The van der Waals surface area contributed by atoms with Crippen LogP contribution in [0.15, 0.2) is 30.6 Å². The van der Waals surface area contributed by atoms with Crippen LogP contribution in [-0.2, 0) is 22.1 Å². The van der Waals surface area contributed by atoms with Crippen LogP contribution in [0.1, 0.15) is 72.5 Å². The molecule has 7 nitrogen and oxygen atoms in total. The molecule has 3 aliphatic rings. The molecule has 0 amide bonds. The number of nitrogens with zero attached hydrogens (tertiary/aromatic N) is 3. The molecule has 2 aliphatic carbocycles. The summed E-state index contributed by atoms with van der Waals surface area (Å²) in [5.74, 6) is 0.349. The third-order valence-electron chi connectivity index (χ3n) is 6.66. The van der Waals surface area contributed by atoms with Crippen molar-refractivity contribution in [2.75, 3.05) is 6.61 Å². The Bertz CT molecular complexity index is 1260. The summed E-state index contributed by atoms with van der Waals surface area (Å²) in [7, 11) is 0. The molecule has 0 aromatic carbocycles. The van der Waals surface area contributed by atoms with Crippen molar-refractivity contribution in [1.29, 1.82) is 0 Å². The van der Waals surface area contributed by atoms with Crippen LogP contribution in [0, 0.1) is 0 Å². The molecule has 0 unspecified atom stereocenters. The van der Waals surface area contributed by atoms with E-state index in [9.17, 15) is 4.79 Å². The van der Waals surface area contributed by atoms with Crippen molar-refractivity contribution in [3.63, 3.8) is 0 Å². The van der Waals surface area contributed by atoms with Gasteiger partial charge in [-0.25, -0.2) is 9.78 Å². The molecule has 2 fully saturated rings. The van der Waals surface area contributed by atoms with Gasteiger partial charge in [0, 0.05) is 41.2 Å². The van der Waals surface area contributed by atoms with Crippen molar-refractivity contribution in [2.24, 2.45) is 5.73 Å². The molecule has 32 heavy (non-hydrogen) atoms. The predicted octanol–water partition coefficient (Wildman–Crippen LogP) is 3.55. The van der Waals surface area contributed by atoms with E-state index >= 15 is 0 Å². The smallest absolute Gasteiger partial charge is 0.340 e. The Morgan fingerprint density at radius 1 is 1.16 bits per heavy atom. The van der Waals surface area contributed by atoms with Gasteiger partial charge in [0.1, 0.15) is 12.7 Å². The molecule has 7 heteroatoms. The van der Waals surface area contributed by atoms with Gasteiger partial charge < -0.3 is 15.2 Å². The van der Waals surface area contributed by atoms with Gasteiger partial charge >= 0.3 is 5.97 Å². The van der Waals surface area contributed by atoms with Gasteiger partial charge in [-0.15, -0.1) is 0 Å². The normalized spacial score (nSPS) is 19.0. The molecule has 0 atom stereocenters. The summed E-state index contributed by atoms with van der Waals surface area (Å²) in [6.45, 7) is 4.39. The van der Waals surface area contributed by atoms with Crippen molar-refractivity contribution in [3.05, 3.63) is 58.8 Å². The topological polar surface area (TPSA) is 100 Å². The van der Waals surface area contributed by atoms with Crippen LogP contribution in [-0.4, -0.2) is 33.6 Å². The Balaban J connectivity index is 1.39. The van der Waals surface area contributed by atoms with E-state index in [1.54, 1.807) is 0 Å². The average Bonchev–Trinajstić information content (AvgIpc) is 3.68. The standard InChI is InChI=1S/C25H26N4O3/c1-24(2,26)20-12-28-22(32-16-4-5-16)19-11-27-15(10-18(19)20)9-14-3-6-17-21(29-14)25(7-8-25)13-31-23(17)30/h3,6,10-12,16H,4-5,7-9,13,26H2,1-2H3. The second-order valence-electron chi connectivity index (χ2n) is 9.97. The van der Waals surface area contributed by atoms with Crippen molar-refractivity contribution in [3.8, 4) is 5.88 Å². The van der Waals surface area contributed by atoms with E-state index in [1.165, 1.54) is 0 Å². The summed E-state index contributed by atoms with van der Waals surface area (Å²) in [5, 5.41) is 1.89. The molecule has 2 N–H and O–H groups in total. The van der Waals surface area contributed by atoms with Gasteiger partial charge in [-0.1, -0.05) is 0 Å². The number of esters is 1. The Labute approximate surface area is 186 Å². The second kappa shape index (κ2) is 6.72. The van der Waals surface area contributed by atoms with Crippen LogP contribution in [0.4, 0.5) is 0 Å². The minimum atomic E-state index is -0.551. The number of rotatable bonds is 5. The maximum Gasteiger partial charge on any atom is 0.340 e. The molecule has 0 bridgehead atoms. The zero-order chi connectivity index (χ0) is 22.1. The van der Waals surface area contributed by atoms with Crippen LogP contribution in [0.3, 0.4) is 0 Å². The number of ether oxygens (including phenoxy) is 2. The lowest BCUT2D eigenvalue weighted by Gasteiger charge is -2.24. The Hall–Kier alpha value is -3.06. The van der Waals surface area contributed by atoms with Crippen molar-refractivity contribution in [1.82, 2.24) is 15.0 Å². The first kappa shape index (κ1) is 19.6. The first-order valence-corrected chi connectivity index (χ1v) is 11.2. The van der Waals surface area contributed by atoms with Gasteiger partial charge in [0.25, 0.3) is 0 Å². The van der Waals surface area contributed by atoms with Gasteiger partial charge in [0.2, 0.25) is 5.88 Å². The lowest BCUT2D eigenvalue weighted by Crippen LogP contribution is -2.29. The summed E-state index contributed by atoms with van der Waals surface area (Å²) in [5.41, 5.74) is 10.1. The summed E-state index contributed by atoms with van der Waals surface area (Å²) in [4.78, 5) is 26.3. The minimum Gasteiger partial charge on any atom is -0.474 e. The number of cyclic esters (lactones) is 1. The fourth-order valence-electron chi connectivity index (χ4n) is 4.44. The van der Waals surface area contributed by atoms with E-state index in [4.69, 9.17) is 25.2 Å². The molecule has 2 saturated carbocycles. The maximum absolute atomic E-state index is 12.2. The molecule has 1 aliphatic heterocycles. The predicted molar refractivity (Wildman–Crippen MR) is 119 cm³/mol. The molecule has 3 aromatic heterocycles.